The Labute approximate surface area is 191 Å². The van der Waals surface area contributed by atoms with Gasteiger partial charge in [-0.3, -0.25) is 9.78 Å². The van der Waals surface area contributed by atoms with Gasteiger partial charge >= 0.3 is 0 Å². The monoisotopic (exact) mass is 444 g/mol. The molecule has 0 saturated carbocycles. The van der Waals surface area contributed by atoms with E-state index in [-0.39, 0.29) is 12.5 Å². The molecule has 0 aliphatic heterocycles. The summed E-state index contributed by atoms with van der Waals surface area (Å²) in [5.41, 5.74) is 3.57. The third kappa shape index (κ3) is 5.12. The summed E-state index contributed by atoms with van der Waals surface area (Å²) < 4.78 is 7.20. The molecule has 0 bridgehead atoms. The molecule has 0 unspecified atom stereocenters. The summed E-state index contributed by atoms with van der Waals surface area (Å²) in [6.07, 6.45) is 3.14. The molecule has 0 saturated heterocycles. The summed E-state index contributed by atoms with van der Waals surface area (Å²) in [6.45, 7) is 2.60. The minimum Gasteiger partial charge on any atom is -0.495 e. The molecule has 10 nitrogen and oxygen atoms in total. The molecule has 1 amide bonds. The van der Waals surface area contributed by atoms with Gasteiger partial charge < -0.3 is 19.9 Å². The van der Waals surface area contributed by atoms with Gasteiger partial charge in [0.15, 0.2) is 11.6 Å². The normalized spacial score (nSPS) is 10.6. The van der Waals surface area contributed by atoms with E-state index in [2.05, 4.69) is 35.8 Å². The SMILES string of the molecule is COc1ccc(C)nc1CNC(=O)c1cccc(NCc2nnc(-c3ccncn3)n2C)c1. The molecule has 4 aromatic rings. The molecule has 4 rings (SSSR count). The molecule has 2 N–H and O–H groups in total. The van der Waals surface area contributed by atoms with Gasteiger partial charge in [-0.05, 0) is 43.3 Å². The van der Waals surface area contributed by atoms with Crippen molar-refractivity contribution in [2.75, 3.05) is 12.4 Å². The smallest absolute Gasteiger partial charge is 0.251 e. The minimum atomic E-state index is -0.200. The number of methoxy groups -OCH3 is 1. The number of nitrogens with one attached hydrogen (secondary N) is 2. The van der Waals surface area contributed by atoms with E-state index in [4.69, 9.17) is 4.74 Å². The predicted molar refractivity (Wildman–Crippen MR) is 122 cm³/mol. The molecule has 0 fully saturated rings. The predicted octanol–water partition coefficient (Wildman–Crippen LogP) is 2.53. The van der Waals surface area contributed by atoms with Crippen molar-refractivity contribution in [3.8, 4) is 17.3 Å². The van der Waals surface area contributed by atoms with Crippen LogP contribution in [0.3, 0.4) is 0 Å². The highest BCUT2D eigenvalue weighted by molar-refractivity contribution is 5.95. The number of aryl methyl sites for hydroxylation is 1. The third-order valence-corrected chi connectivity index (χ3v) is 5.06. The van der Waals surface area contributed by atoms with Crippen molar-refractivity contribution < 1.29 is 9.53 Å². The number of rotatable bonds is 8. The maximum Gasteiger partial charge on any atom is 0.251 e. The molecule has 1 aromatic carbocycles. The van der Waals surface area contributed by atoms with Crippen LogP contribution in [0.5, 0.6) is 5.75 Å². The van der Waals surface area contributed by atoms with E-state index in [0.29, 0.717) is 35.1 Å². The highest BCUT2D eigenvalue weighted by Gasteiger charge is 2.13. The first-order valence-corrected chi connectivity index (χ1v) is 10.3. The van der Waals surface area contributed by atoms with Crippen molar-refractivity contribution in [3.05, 3.63) is 77.8 Å². The van der Waals surface area contributed by atoms with Crippen LogP contribution in [-0.2, 0) is 20.1 Å². The van der Waals surface area contributed by atoms with E-state index >= 15 is 0 Å². The van der Waals surface area contributed by atoms with Gasteiger partial charge in [-0.1, -0.05) is 6.07 Å². The van der Waals surface area contributed by atoms with E-state index in [1.165, 1.54) is 6.33 Å². The number of hydrogen-bond acceptors (Lipinski definition) is 8. The van der Waals surface area contributed by atoms with Crippen LogP contribution in [0.4, 0.5) is 5.69 Å². The van der Waals surface area contributed by atoms with Gasteiger partial charge in [-0.25, -0.2) is 9.97 Å². The van der Waals surface area contributed by atoms with Gasteiger partial charge in [-0.2, -0.15) is 0 Å². The molecule has 0 aliphatic rings. The number of aromatic nitrogens is 6. The first-order valence-electron chi connectivity index (χ1n) is 10.3. The minimum absolute atomic E-state index is 0.200. The number of ether oxygens (including phenoxy) is 1. The molecule has 0 spiro atoms. The zero-order valence-corrected chi connectivity index (χ0v) is 18.6. The van der Waals surface area contributed by atoms with Crippen molar-refractivity contribution in [3.63, 3.8) is 0 Å². The first kappa shape index (κ1) is 21.9. The summed E-state index contributed by atoms with van der Waals surface area (Å²) in [7, 11) is 3.46. The van der Waals surface area contributed by atoms with Crippen molar-refractivity contribution in [2.45, 2.75) is 20.0 Å². The van der Waals surface area contributed by atoms with Crippen LogP contribution in [0.25, 0.3) is 11.5 Å². The number of carbonyl (C=O) groups is 1. The Bertz CT molecular complexity index is 1260. The second-order valence-electron chi connectivity index (χ2n) is 7.31. The summed E-state index contributed by atoms with van der Waals surface area (Å²) in [6, 6.07) is 12.8. The number of carbonyl (C=O) groups excluding carboxylic acids is 1. The highest BCUT2D eigenvalue weighted by Crippen LogP contribution is 2.18. The van der Waals surface area contributed by atoms with Crippen LogP contribution in [0.2, 0.25) is 0 Å². The Hall–Kier alpha value is -4.34. The van der Waals surface area contributed by atoms with Crippen LogP contribution >= 0.6 is 0 Å². The van der Waals surface area contributed by atoms with Crippen LogP contribution in [0.1, 0.15) is 27.6 Å². The zero-order chi connectivity index (χ0) is 23.2. The fourth-order valence-corrected chi connectivity index (χ4v) is 3.29. The topological polar surface area (TPSA) is 120 Å². The van der Waals surface area contributed by atoms with E-state index in [0.717, 1.165) is 17.2 Å². The molecule has 10 heteroatoms. The van der Waals surface area contributed by atoms with Gasteiger partial charge in [0.1, 0.15) is 23.5 Å². The highest BCUT2D eigenvalue weighted by atomic mass is 16.5. The average Bonchev–Trinajstić information content (AvgIpc) is 3.22. The van der Waals surface area contributed by atoms with E-state index < -0.39 is 0 Å². The largest absolute Gasteiger partial charge is 0.495 e. The lowest BCUT2D eigenvalue weighted by Gasteiger charge is -2.11. The Morgan fingerprint density at radius 1 is 1.12 bits per heavy atom. The van der Waals surface area contributed by atoms with E-state index in [9.17, 15) is 4.79 Å². The quantitative estimate of drug-likeness (QED) is 0.425. The Kier molecular flexibility index (Phi) is 6.53. The van der Waals surface area contributed by atoms with Crippen molar-refractivity contribution in [1.82, 2.24) is 35.0 Å². The van der Waals surface area contributed by atoms with Gasteiger partial charge in [0.05, 0.1) is 20.2 Å². The maximum atomic E-state index is 12.7. The summed E-state index contributed by atoms with van der Waals surface area (Å²) in [5.74, 6) is 1.83. The first-order chi connectivity index (χ1) is 16.0. The number of benzene rings is 1. The molecule has 33 heavy (non-hydrogen) atoms. The molecule has 168 valence electrons. The number of pyridine rings is 1. The lowest BCUT2D eigenvalue weighted by atomic mass is 10.2. The molecule has 3 aromatic heterocycles. The van der Waals surface area contributed by atoms with Gasteiger partial charge in [0, 0.05) is 30.2 Å². The summed E-state index contributed by atoms with van der Waals surface area (Å²) in [5, 5.41) is 14.7. The average molecular weight is 444 g/mol. The van der Waals surface area contributed by atoms with Crippen molar-refractivity contribution in [2.24, 2.45) is 7.05 Å². The van der Waals surface area contributed by atoms with Crippen LogP contribution in [0, 0.1) is 6.92 Å². The second-order valence-corrected chi connectivity index (χ2v) is 7.31. The lowest BCUT2D eigenvalue weighted by Crippen LogP contribution is -2.24. The van der Waals surface area contributed by atoms with Gasteiger partial charge in [0.25, 0.3) is 5.91 Å². The standard InChI is InChI=1S/C23H24N8O2/c1-15-7-8-20(33-3)19(28-15)12-26-23(32)16-5-4-6-17(11-16)25-13-21-29-30-22(31(21)2)18-9-10-24-14-27-18/h4-11,14,25H,12-13H2,1-3H3,(H,26,32). The van der Waals surface area contributed by atoms with Gasteiger partial charge in [-0.15, -0.1) is 10.2 Å². The number of hydrogen-bond donors (Lipinski definition) is 2. The third-order valence-electron chi connectivity index (χ3n) is 5.06. The number of amides is 1. The van der Waals surface area contributed by atoms with Crippen LogP contribution in [0.15, 0.2) is 55.0 Å². The van der Waals surface area contributed by atoms with Crippen molar-refractivity contribution in [1.29, 1.82) is 0 Å². The fourth-order valence-electron chi connectivity index (χ4n) is 3.29. The fraction of sp³-hybridized carbons (Fsp3) is 0.217. The van der Waals surface area contributed by atoms with Crippen LogP contribution < -0.4 is 15.4 Å². The number of nitrogens with zero attached hydrogens (tertiary/aromatic N) is 6. The van der Waals surface area contributed by atoms with E-state index in [1.807, 2.05) is 42.8 Å². The molecule has 3 heterocycles. The van der Waals surface area contributed by atoms with Gasteiger partial charge in [0.2, 0.25) is 0 Å². The Morgan fingerprint density at radius 2 is 2.00 bits per heavy atom. The lowest BCUT2D eigenvalue weighted by molar-refractivity contribution is 0.0950. The molecule has 0 aliphatic carbocycles. The molecule has 0 radical (unpaired) electrons. The Balaban J connectivity index is 1.40. The summed E-state index contributed by atoms with van der Waals surface area (Å²) >= 11 is 0. The second kappa shape index (κ2) is 9.86. The van der Waals surface area contributed by atoms with E-state index in [1.54, 1.807) is 31.5 Å². The Morgan fingerprint density at radius 3 is 2.79 bits per heavy atom. The molecular weight excluding hydrogens is 420 g/mol. The molecular formula is C23H24N8O2. The number of anilines is 1. The zero-order valence-electron chi connectivity index (χ0n) is 18.6. The maximum absolute atomic E-state index is 12.7. The van der Waals surface area contributed by atoms with Crippen molar-refractivity contribution >= 4 is 11.6 Å². The molecule has 0 atom stereocenters. The summed E-state index contributed by atoms with van der Waals surface area (Å²) in [4.78, 5) is 25.3. The van der Waals surface area contributed by atoms with Crippen LogP contribution in [-0.4, -0.2) is 42.7 Å².